The van der Waals surface area contributed by atoms with Crippen LogP contribution in [-0.2, 0) is 10.0 Å². The molecule has 0 aliphatic rings. The van der Waals surface area contributed by atoms with Gasteiger partial charge in [-0.15, -0.1) is 0 Å². The number of halogens is 1. The molecule has 0 radical (unpaired) electrons. The Morgan fingerprint density at radius 1 is 1.19 bits per heavy atom. The van der Waals surface area contributed by atoms with E-state index < -0.39 is 10.0 Å². The van der Waals surface area contributed by atoms with Gasteiger partial charge in [0.25, 0.3) is 10.0 Å². The molecule has 0 amide bonds. The van der Waals surface area contributed by atoms with Gasteiger partial charge in [-0.1, -0.05) is 23.7 Å². The van der Waals surface area contributed by atoms with Crippen molar-refractivity contribution in [3.05, 3.63) is 58.6 Å². The molecule has 21 heavy (non-hydrogen) atoms. The first-order valence-corrected chi connectivity index (χ1v) is 7.60. The quantitative estimate of drug-likeness (QED) is 0.877. The zero-order valence-corrected chi connectivity index (χ0v) is 12.1. The minimum Gasteiger partial charge on any atom is -0.298 e. The van der Waals surface area contributed by atoms with E-state index in [1.54, 1.807) is 12.1 Å². The molecule has 0 spiro atoms. The second-order valence-corrected chi connectivity index (χ2v) is 6.16. The minimum absolute atomic E-state index is 0.00745. The van der Waals surface area contributed by atoms with E-state index in [0.717, 1.165) is 0 Å². The van der Waals surface area contributed by atoms with Crippen molar-refractivity contribution in [1.29, 1.82) is 5.26 Å². The van der Waals surface area contributed by atoms with E-state index in [2.05, 4.69) is 4.72 Å². The van der Waals surface area contributed by atoms with Crippen LogP contribution >= 0.6 is 11.6 Å². The number of hydrogen-bond donors (Lipinski definition) is 1. The monoisotopic (exact) mass is 320 g/mol. The Morgan fingerprint density at radius 3 is 2.62 bits per heavy atom. The number of nitriles is 1. The highest BCUT2D eigenvalue weighted by atomic mass is 35.5. The van der Waals surface area contributed by atoms with Crippen LogP contribution in [0.3, 0.4) is 0 Å². The van der Waals surface area contributed by atoms with E-state index in [9.17, 15) is 13.2 Å². The van der Waals surface area contributed by atoms with E-state index in [0.29, 0.717) is 11.8 Å². The van der Waals surface area contributed by atoms with Gasteiger partial charge in [-0.2, -0.15) is 5.26 Å². The maximum Gasteiger partial charge on any atom is 0.263 e. The van der Waals surface area contributed by atoms with Gasteiger partial charge in [0.1, 0.15) is 11.2 Å². The fourth-order valence-corrected chi connectivity index (χ4v) is 3.24. The van der Waals surface area contributed by atoms with Crippen LogP contribution in [0.5, 0.6) is 0 Å². The van der Waals surface area contributed by atoms with Crippen molar-refractivity contribution < 1.29 is 13.2 Å². The molecule has 0 fully saturated rings. The third-order valence-electron chi connectivity index (χ3n) is 2.62. The fourth-order valence-electron chi connectivity index (χ4n) is 1.66. The molecule has 5 nitrogen and oxygen atoms in total. The van der Waals surface area contributed by atoms with Crippen LogP contribution in [-0.4, -0.2) is 14.7 Å². The Bertz CT molecular complexity index is 842. The van der Waals surface area contributed by atoms with Gasteiger partial charge in [0.05, 0.1) is 16.7 Å². The van der Waals surface area contributed by atoms with Crippen molar-refractivity contribution in [3.8, 4) is 6.07 Å². The van der Waals surface area contributed by atoms with Crippen LogP contribution in [0.2, 0.25) is 5.02 Å². The van der Waals surface area contributed by atoms with Gasteiger partial charge in [0, 0.05) is 11.3 Å². The lowest BCUT2D eigenvalue weighted by molar-refractivity contribution is 0.112. The molecular weight excluding hydrogens is 312 g/mol. The molecule has 106 valence electrons. The van der Waals surface area contributed by atoms with E-state index in [1.165, 1.54) is 30.3 Å². The highest BCUT2D eigenvalue weighted by Gasteiger charge is 2.19. The molecule has 0 aliphatic heterocycles. The van der Waals surface area contributed by atoms with Gasteiger partial charge < -0.3 is 0 Å². The Hall–Kier alpha value is -2.36. The summed E-state index contributed by atoms with van der Waals surface area (Å²) in [6, 6.07) is 11.8. The maximum absolute atomic E-state index is 12.3. The van der Waals surface area contributed by atoms with Gasteiger partial charge in [-0.3, -0.25) is 9.52 Å². The topological polar surface area (TPSA) is 87.0 Å². The zero-order chi connectivity index (χ0) is 15.5. The summed E-state index contributed by atoms with van der Waals surface area (Å²) >= 11 is 5.88. The van der Waals surface area contributed by atoms with Gasteiger partial charge in [-0.05, 0) is 30.3 Å². The number of rotatable bonds is 4. The third kappa shape index (κ3) is 3.40. The van der Waals surface area contributed by atoms with Crippen LogP contribution in [0.25, 0.3) is 0 Å². The molecule has 0 aliphatic carbocycles. The Balaban J connectivity index is 2.43. The second-order valence-electron chi connectivity index (χ2n) is 4.11. The summed E-state index contributed by atoms with van der Waals surface area (Å²) in [5.74, 6) is 0. The zero-order valence-electron chi connectivity index (χ0n) is 10.6. The number of carbonyl (C=O) groups excluding carboxylic acids is 1. The summed E-state index contributed by atoms with van der Waals surface area (Å²) < 4.78 is 26.9. The van der Waals surface area contributed by atoms with Crippen molar-refractivity contribution in [2.24, 2.45) is 0 Å². The van der Waals surface area contributed by atoms with E-state index in [1.807, 2.05) is 6.07 Å². The maximum atomic E-state index is 12.3. The number of anilines is 1. The SMILES string of the molecule is N#Cc1ccc(Cl)c(S(=O)(=O)Nc2cccc(C=O)c2)c1. The van der Waals surface area contributed by atoms with Gasteiger partial charge in [-0.25, -0.2) is 8.42 Å². The summed E-state index contributed by atoms with van der Waals surface area (Å²) in [6.45, 7) is 0. The summed E-state index contributed by atoms with van der Waals surface area (Å²) in [7, 11) is -3.95. The molecule has 0 saturated carbocycles. The molecule has 0 atom stereocenters. The van der Waals surface area contributed by atoms with E-state index in [-0.39, 0.29) is 21.2 Å². The fraction of sp³-hybridized carbons (Fsp3) is 0. The Morgan fingerprint density at radius 2 is 1.95 bits per heavy atom. The van der Waals surface area contributed by atoms with Crippen molar-refractivity contribution in [3.63, 3.8) is 0 Å². The Kier molecular flexibility index (Phi) is 4.26. The van der Waals surface area contributed by atoms with Crippen LogP contribution in [0.1, 0.15) is 15.9 Å². The predicted octanol–water partition coefficient (Wildman–Crippen LogP) is 2.82. The normalized spacial score (nSPS) is 10.7. The van der Waals surface area contributed by atoms with Crippen molar-refractivity contribution in [2.75, 3.05) is 4.72 Å². The lowest BCUT2D eigenvalue weighted by Crippen LogP contribution is -2.13. The number of carbonyl (C=O) groups is 1. The molecule has 0 saturated heterocycles. The van der Waals surface area contributed by atoms with Crippen LogP contribution < -0.4 is 4.72 Å². The van der Waals surface area contributed by atoms with Gasteiger partial charge in [0.15, 0.2) is 0 Å². The number of nitrogens with one attached hydrogen (secondary N) is 1. The van der Waals surface area contributed by atoms with Gasteiger partial charge in [0.2, 0.25) is 0 Å². The highest BCUT2D eigenvalue weighted by Crippen LogP contribution is 2.25. The van der Waals surface area contributed by atoms with E-state index in [4.69, 9.17) is 16.9 Å². The number of nitrogens with zero attached hydrogens (tertiary/aromatic N) is 1. The first-order chi connectivity index (χ1) is 9.96. The minimum atomic E-state index is -3.95. The molecular formula is C14H9ClN2O3S. The number of sulfonamides is 1. The average molecular weight is 321 g/mol. The third-order valence-corrected chi connectivity index (χ3v) is 4.49. The molecule has 7 heteroatoms. The average Bonchev–Trinajstić information content (AvgIpc) is 2.47. The van der Waals surface area contributed by atoms with Crippen molar-refractivity contribution in [2.45, 2.75) is 4.90 Å². The van der Waals surface area contributed by atoms with Crippen LogP contribution in [0.4, 0.5) is 5.69 Å². The summed E-state index contributed by atoms with van der Waals surface area (Å²) in [5, 5.41) is 8.84. The molecule has 0 heterocycles. The number of hydrogen-bond acceptors (Lipinski definition) is 4. The first-order valence-electron chi connectivity index (χ1n) is 5.74. The van der Waals surface area contributed by atoms with E-state index >= 15 is 0 Å². The number of benzene rings is 2. The molecule has 2 aromatic rings. The lowest BCUT2D eigenvalue weighted by atomic mass is 10.2. The summed E-state index contributed by atoms with van der Waals surface area (Å²) in [5.41, 5.74) is 0.756. The molecule has 2 aromatic carbocycles. The van der Waals surface area contributed by atoms with Crippen molar-refractivity contribution in [1.82, 2.24) is 0 Å². The second kappa shape index (κ2) is 5.95. The molecule has 0 unspecified atom stereocenters. The van der Waals surface area contributed by atoms with Crippen LogP contribution in [0, 0.1) is 11.3 Å². The lowest BCUT2D eigenvalue weighted by Gasteiger charge is -2.10. The first kappa shape index (κ1) is 15.0. The van der Waals surface area contributed by atoms with Crippen molar-refractivity contribution >= 4 is 33.6 Å². The van der Waals surface area contributed by atoms with Gasteiger partial charge >= 0.3 is 0 Å². The standard InChI is InChI=1S/C14H9ClN2O3S/c15-13-5-4-10(8-16)7-14(13)21(19,20)17-12-3-1-2-11(6-12)9-18/h1-7,9,17H. The Labute approximate surface area is 126 Å². The van der Waals surface area contributed by atoms with Crippen LogP contribution in [0.15, 0.2) is 47.4 Å². The molecule has 0 bridgehead atoms. The smallest absolute Gasteiger partial charge is 0.263 e. The summed E-state index contributed by atoms with van der Waals surface area (Å²) in [6.07, 6.45) is 0.612. The molecule has 1 N–H and O–H groups in total. The largest absolute Gasteiger partial charge is 0.298 e. The number of aldehydes is 1. The predicted molar refractivity (Wildman–Crippen MR) is 78.8 cm³/mol. The summed E-state index contributed by atoms with van der Waals surface area (Å²) in [4.78, 5) is 10.5. The molecule has 0 aromatic heterocycles. The molecule has 2 rings (SSSR count). The highest BCUT2D eigenvalue weighted by molar-refractivity contribution is 7.92.